The average Bonchev–Trinajstić information content (AvgIpc) is 2.64. The van der Waals surface area contributed by atoms with Gasteiger partial charge in [-0.25, -0.2) is 4.39 Å². The summed E-state index contributed by atoms with van der Waals surface area (Å²) in [6.07, 6.45) is -3.43. The molecule has 1 atom stereocenters. The maximum Gasteiger partial charge on any atom is 0.407 e. The van der Waals surface area contributed by atoms with E-state index in [4.69, 9.17) is 5.73 Å². The summed E-state index contributed by atoms with van der Waals surface area (Å²) in [7, 11) is 0. The van der Waals surface area contributed by atoms with E-state index in [0.29, 0.717) is 5.52 Å². The Balaban J connectivity index is 2.69. The normalized spacial score (nSPS) is 14.6. The van der Waals surface area contributed by atoms with Gasteiger partial charge in [0, 0.05) is 22.7 Å². The van der Waals surface area contributed by atoms with E-state index >= 15 is 0 Å². The maximum atomic E-state index is 13.7. The molecule has 0 saturated carbocycles. The fourth-order valence-corrected chi connectivity index (χ4v) is 2.62. The molecule has 1 heterocycles. The molecule has 0 aliphatic heterocycles. The molecule has 1 aromatic heterocycles. The molecular formula is C14H15BrF4N2O. The van der Waals surface area contributed by atoms with Gasteiger partial charge < -0.3 is 15.4 Å². The van der Waals surface area contributed by atoms with Crippen molar-refractivity contribution in [2.75, 3.05) is 0 Å². The molecule has 1 aromatic carbocycles. The quantitative estimate of drug-likeness (QED) is 0.791. The Bertz CT molecular complexity index is 703. The van der Waals surface area contributed by atoms with Gasteiger partial charge in [-0.05, 0) is 41.9 Å². The van der Waals surface area contributed by atoms with Gasteiger partial charge in [0.2, 0.25) is 0 Å². The lowest BCUT2D eigenvalue weighted by molar-refractivity contribution is -0.148. The highest BCUT2D eigenvalue weighted by Gasteiger charge is 2.39. The summed E-state index contributed by atoms with van der Waals surface area (Å²) in [5.74, 6) is -0.677. The molecule has 0 saturated heterocycles. The number of benzene rings is 1. The van der Waals surface area contributed by atoms with Crippen molar-refractivity contribution in [2.45, 2.75) is 38.2 Å². The van der Waals surface area contributed by atoms with Crippen molar-refractivity contribution in [3.8, 4) is 0 Å². The second kappa shape index (κ2) is 5.50. The molecule has 0 unspecified atom stereocenters. The first-order valence-corrected chi connectivity index (χ1v) is 7.22. The minimum absolute atomic E-state index is 0.0478. The Morgan fingerprint density at radius 2 is 1.91 bits per heavy atom. The number of rotatable bonds is 3. The van der Waals surface area contributed by atoms with Crippen molar-refractivity contribution in [1.82, 2.24) is 4.57 Å². The number of hydrogen-bond acceptors (Lipinski definition) is 2. The van der Waals surface area contributed by atoms with Crippen LogP contribution in [0.25, 0.3) is 10.9 Å². The highest BCUT2D eigenvalue weighted by Crippen LogP contribution is 2.37. The molecule has 2 aromatic rings. The summed E-state index contributed by atoms with van der Waals surface area (Å²) in [5, 5.41) is 9.98. The summed E-state index contributed by atoms with van der Waals surface area (Å²) in [4.78, 5) is 0. The lowest BCUT2D eigenvalue weighted by atomic mass is 10.1. The first kappa shape index (κ1) is 17.2. The van der Waals surface area contributed by atoms with Crippen LogP contribution >= 0.6 is 15.9 Å². The average molecular weight is 383 g/mol. The van der Waals surface area contributed by atoms with E-state index < -0.39 is 23.6 Å². The van der Waals surface area contributed by atoms with Gasteiger partial charge in [0.1, 0.15) is 11.9 Å². The van der Waals surface area contributed by atoms with E-state index in [1.165, 1.54) is 30.7 Å². The van der Waals surface area contributed by atoms with E-state index in [1.54, 1.807) is 0 Å². The van der Waals surface area contributed by atoms with Gasteiger partial charge in [0.15, 0.2) is 0 Å². The Morgan fingerprint density at radius 1 is 1.32 bits per heavy atom. The summed E-state index contributed by atoms with van der Waals surface area (Å²) in [5.41, 5.74) is 4.26. The van der Waals surface area contributed by atoms with Crippen molar-refractivity contribution >= 4 is 26.8 Å². The van der Waals surface area contributed by atoms with Crippen LogP contribution < -0.4 is 5.73 Å². The smallest absolute Gasteiger partial charge is 0.389 e. The zero-order valence-corrected chi connectivity index (χ0v) is 13.5. The maximum absolute atomic E-state index is 13.7. The van der Waals surface area contributed by atoms with Gasteiger partial charge in [-0.15, -0.1) is 0 Å². The zero-order chi connectivity index (χ0) is 16.9. The number of nitrogens with zero attached hydrogens (tertiary/aromatic N) is 1. The molecule has 0 spiro atoms. The summed E-state index contributed by atoms with van der Waals surface area (Å²) in [6, 6.07) is 0.170. The Kier molecular flexibility index (Phi) is 4.31. The van der Waals surface area contributed by atoms with Crippen LogP contribution in [0, 0.1) is 5.82 Å². The highest BCUT2D eigenvalue weighted by molar-refractivity contribution is 9.10. The van der Waals surface area contributed by atoms with E-state index in [2.05, 4.69) is 15.9 Å². The zero-order valence-electron chi connectivity index (χ0n) is 11.9. The third-order valence-corrected chi connectivity index (χ3v) is 3.81. The van der Waals surface area contributed by atoms with E-state index in [0.717, 1.165) is 6.07 Å². The van der Waals surface area contributed by atoms with E-state index in [9.17, 15) is 22.7 Å². The number of hydrogen-bond donors (Lipinski definition) is 2. The molecule has 3 N–H and O–H groups in total. The van der Waals surface area contributed by atoms with Gasteiger partial charge >= 0.3 is 6.18 Å². The molecule has 3 nitrogen and oxygen atoms in total. The van der Waals surface area contributed by atoms with Crippen molar-refractivity contribution in [3.63, 3.8) is 0 Å². The van der Waals surface area contributed by atoms with Crippen LogP contribution in [0.15, 0.2) is 22.8 Å². The molecule has 122 valence electrons. The Labute approximate surface area is 132 Å². The molecule has 0 bridgehead atoms. The third kappa shape index (κ3) is 3.44. The highest BCUT2D eigenvalue weighted by atomic mass is 79.9. The monoisotopic (exact) mass is 382 g/mol. The topological polar surface area (TPSA) is 51.2 Å². The standard InChI is InChI=1S/C14H15BrF4N2O/c1-13(2,22)6-21-5-8(12(20)14(17,18)19)7-3-10(16)9(15)4-11(7)21/h3-5,12,22H,6,20H2,1-2H3/t12-/m0/s1. The largest absolute Gasteiger partial charge is 0.407 e. The summed E-state index contributed by atoms with van der Waals surface area (Å²) >= 11 is 3.01. The number of aliphatic hydroxyl groups is 1. The van der Waals surface area contributed by atoms with E-state index in [-0.39, 0.29) is 22.0 Å². The van der Waals surface area contributed by atoms with Crippen molar-refractivity contribution in [3.05, 3.63) is 34.2 Å². The fourth-order valence-electron chi connectivity index (χ4n) is 2.28. The first-order chi connectivity index (χ1) is 9.90. The van der Waals surface area contributed by atoms with Gasteiger partial charge in [0.25, 0.3) is 0 Å². The number of halogens is 5. The SMILES string of the molecule is CC(C)(O)Cn1cc([C@H](N)C(F)(F)F)c2cc(F)c(Br)cc21. The van der Waals surface area contributed by atoms with Crippen LogP contribution in [0.2, 0.25) is 0 Å². The second-order valence-electron chi connectivity index (χ2n) is 5.83. The van der Waals surface area contributed by atoms with Gasteiger partial charge in [0.05, 0.1) is 16.6 Å². The molecule has 0 aliphatic carbocycles. The van der Waals surface area contributed by atoms with Crippen LogP contribution in [0.5, 0.6) is 0 Å². The Morgan fingerprint density at radius 3 is 2.41 bits per heavy atom. The number of nitrogens with two attached hydrogens (primary N) is 1. The summed E-state index contributed by atoms with van der Waals surface area (Å²) < 4.78 is 54.0. The van der Waals surface area contributed by atoms with Crippen LogP contribution in [0.3, 0.4) is 0 Å². The fraction of sp³-hybridized carbons (Fsp3) is 0.429. The molecule has 8 heteroatoms. The summed E-state index contributed by atoms with van der Waals surface area (Å²) in [6.45, 7) is 3.10. The first-order valence-electron chi connectivity index (χ1n) is 6.42. The Hall–Kier alpha value is -1.12. The van der Waals surface area contributed by atoms with Crippen LogP contribution in [-0.2, 0) is 6.54 Å². The molecule has 0 radical (unpaired) electrons. The molecule has 22 heavy (non-hydrogen) atoms. The minimum Gasteiger partial charge on any atom is -0.389 e. The van der Waals surface area contributed by atoms with Crippen molar-refractivity contribution in [1.29, 1.82) is 0 Å². The lowest BCUT2D eigenvalue weighted by Crippen LogP contribution is -2.28. The predicted molar refractivity (Wildman–Crippen MR) is 78.9 cm³/mol. The molecule has 0 fully saturated rings. The van der Waals surface area contributed by atoms with Crippen LogP contribution in [-0.4, -0.2) is 21.5 Å². The van der Waals surface area contributed by atoms with Crippen LogP contribution in [0.4, 0.5) is 17.6 Å². The number of fused-ring (bicyclic) bond motifs is 1. The third-order valence-electron chi connectivity index (χ3n) is 3.20. The van der Waals surface area contributed by atoms with Crippen LogP contribution in [0.1, 0.15) is 25.5 Å². The van der Waals surface area contributed by atoms with E-state index in [1.807, 2.05) is 0 Å². The second-order valence-corrected chi connectivity index (χ2v) is 6.68. The van der Waals surface area contributed by atoms with Gasteiger partial charge in [-0.3, -0.25) is 0 Å². The van der Waals surface area contributed by atoms with Gasteiger partial charge in [-0.1, -0.05) is 0 Å². The molecule has 0 aliphatic rings. The van der Waals surface area contributed by atoms with Crippen molar-refractivity contribution < 1.29 is 22.7 Å². The minimum atomic E-state index is -4.64. The predicted octanol–water partition coefficient (Wildman–Crippen LogP) is 3.88. The molecule has 0 amide bonds. The number of alkyl halides is 3. The number of aromatic nitrogens is 1. The lowest BCUT2D eigenvalue weighted by Gasteiger charge is -2.19. The van der Waals surface area contributed by atoms with Crippen molar-refractivity contribution in [2.24, 2.45) is 5.73 Å². The van der Waals surface area contributed by atoms with Gasteiger partial charge in [-0.2, -0.15) is 13.2 Å². The molecular weight excluding hydrogens is 368 g/mol. The molecule has 2 rings (SSSR count).